The van der Waals surface area contributed by atoms with E-state index in [0.717, 1.165) is 10.5 Å². The van der Waals surface area contributed by atoms with Crippen molar-refractivity contribution in [3.63, 3.8) is 0 Å². The number of carbonyl (C=O) groups excluding carboxylic acids is 1. The summed E-state index contributed by atoms with van der Waals surface area (Å²) in [7, 11) is 0. The molecule has 0 radical (unpaired) electrons. The number of anilines is 2. The zero-order valence-electron chi connectivity index (χ0n) is 11.0. The molecule has 20 heavy (non-hydrogen) atoms. The van der Waals surface area contributed by atoms with Crippen LogP contribution in [-0.2, 0) is 4.43 Å². The number of carbonyl (C=O) groups is 1. The molecular weight excluding hydrogens is 370 g/mol. The van der Waals surface area contributed by atoms with Crippen LogP contribution in [0.2, 0.25) is 0 Å². The van der Waals surface area contributed by atoms with Crippen molar-refractivity contribution in [1.82, 2.24) is 0 Å². The predicted octanol–water partition coefficient (Wildman–Crippen LogP) is -0.121. The monoisotopic (exact) mass is 385 g/mol. The summed E-state index contributed by atoms with van der Waals surface area (Å²) in [6.45, 7) is 0. The first-order chi connectivity index (χ1) is 9.60. The van der Waals surface area contributed by atoms with E-state index in [0.29, 0.717) is 5.69 Å². The summed E-state index contributed by atoms with van der Waals surface area (Å²) in [5.41, 5.74) is 8.01. The van der Waals surface area contributed by atoms with E-state index < -0.39 is 11.7 Å². The van der Waals surface area contributed by atoms with E-state index in [4.69, 9.17) is 5.73 Å². The minimum absolute atomic E-state index is 0.151. The summed E-state index contributed by atoms with van der Waals surface area (Å²) in [6.07, 6.45) is 0. The van der Waals surface area contributed by atoms with Crippen LogP contribution in [0.3, 0.4) is 0 Å². The number of hydrogen-bond donors (Lipinski definition) is 2. The van der Waals surface area contributed by atoms with E-state index in [1.54, 1.807) is 0 Å². The van der Waals surface area contributed by atoms with Crippen molar-refractivity contribution in [1.29, 1.82) is 0 Å². The van der Waals surface area contributed by atoms with Gasteiger partial charge in [-0.3, -0.25) is 0 Å². The molecule has 3 nitrogen and oxygen atoms in total. The molecule has 2 aromatic rings. The van der Waals surface area contributed by atoms with Gasteiger partial charge in [-0.05, 0) is 0 Å². The molecule has 0 atom stereocenters. The van der Waals surface area contributed by atoms with E-state index >= 15 is 0 Å². The Bertz CT molecular complexity index is 631. The van der Waals surface area contributed by atoms with Gasteiger partial charge < -0.3 is 0 Å². The fourth-order valence-corrected chi connectivity index (χ4v) is 3.17. The number of halogens is 2. The Hall–Kier alpha value is -1.63. The summed E-state index contributed by atoms with van der Waals surface area (Å²) in [6, 6.07) is 11.5. The molecule has 3 N–H and O–H groups in total. The molecule has 5 heteroatoms. The van der Waals surface area contributed by atoms with Crippen molar-refractivity contribution in [3.05, 3.63) is 59.4 Å². The van der Waals surface area contributed by atoms with Crippen molar-refractivity contribution in [3.8, 4) is 0 Å². The SMILES string of the molecule is C[I-]Cc1cccc(NC(=O)c2cc(F)ccc2N)c1. The number of nitrogen functional groups attached to an aromatic ring is 1. The Kier molecular flexibility index (Phi) is 4.94. The van der Waals surface area contributed by atoms with Gasteiger partial charge >= 0.3 is 127 Å². The van der Waals surface area contributed by atoms with Gasteiger partial charge in [0.2, 0.25) is 0 Å². The summed E-state index contributed by atoms with van der Waals surface area (Å²) < 4.78 is 14.2. The molecule has 0 saturated carbocycles. The van der Waals surface area contributed by atoms with Gasteiger partial charge in [0.15, 0.2) is 0 Å². The van der Waals surface area contributed by atoms with Gasteiger partial charge in [-0.1, -0.05) is 0 Å². The molecule has 0 saturated heterocycles. The summed E-state index contributed by atoms with van der Waals surface area (Å²) >= 11 is 0.158. The van der Waals surface area contributed by atoms with Crippen LogP contribution in [0.4, 0.5) is 15.8 Å². The molecule has 2 aromatic carbocycles. The number of nitrogens with two attached hydrogens (primary N) is 1. The Morgan fingerprint density at radius 3 is 2.85 bits per heavy atom. The number of alkyl halides is 2. The van der Waals surface area contributed by atoms with Crippen LogP contribution in [0, 0.1) is 5.82 Å². The first-order valence-corrected chi connectivity index (χ1v) is 9.67. The van der Waals surface area contributed by atoms with E-state index in [1.807, 2.05) is 24.3 Å². The zero-order valence-corrected chi connectivity index (χ0v) is 13.1. The number of hydrogen-bond acceptors (Lipinski definition) is 2. The topological polar surface area (TPSA) is 55.1 Å². The fraction of sp³-hybridized carbons (Fsp3) is 0.133. The summed E-state index contributed by atoms with van der Waals surface area (Å²) in [4.78, 5) is 14.3. The van der Waals surface area contributed by atoms with E-state index in [9.17, 15) is 9.18 Å². The molecule has 0 aromatic heterocycles. The Balaban J connectivity index is 2.19. The normalized spacial score (nSPS) is 10.5. The van der Waals surface area contributed by atoms with Crippen LogP contribution in [0.15, 0.2) is 42.5 Å². The number of benzene rings is 2. The third-order valence-corrected chi connectivity index (χ3v) is 4.38. The molecule has 0 aliphatic carbocycles. The molecule has 1 amide bonds. The van der Waals surface area contributed by atoms with Gasteiger partial charge in [-0.2, -0.15) is 0 Å². The summed E-state index contributed by atoms with van der Waals surface area (Å²) in [5.74, 6) is -0.876. The molecule has 0 bridgehead atoms. The van der Waals surface area contributed by atoms with E-state index in [2.05, 4.69) is 10.2 Å². The molecule has 0 unspecified atom stereocenters. The van der Waals surface area contributed by atoms with E-state index in [-0.39, 0.29) is 32.5 Å². The van der Waals surface area contributed by atoms with Crippen molar-refractivity contribution in [2.75, 3.05) is 16.0 Å². The van der Waals surface area contributed by atoms with E-state index in [1.165, 1.54) is 17.7 Å². The Labute approximate surface area is 127 Å². The molecule has 0 aliphatic rings. The molecule has 0 heterocycles. The maximum absolute atomic E-state index is 13.2. The first-order valence-electron chi connectivity index (χ1n) is 5.99. The standard InChI is InChI=1S/C15H15FIN2O/c1-17-9-10-3-2-4-12(7-10)19-15(20)13-8-11(16)5-6-14(13)18/h2-8H,9,18H2,1H3,(H,19,20)/q-1. The van der Waals surface area contributed by atoms with Crippen LogP contribution in [0.5, 0.6) is 0 Å². The average Bonchev–Trinajstić information content (AvgIpc) is 2.42. The number of nitrogens with one attached hydrogen (secondary N) is 1. The molecule has 0 spiro atoms. The molecule has 2 rings (SSSR count). The van der Waals surface area contributed by atoms with Crippen LogP contribution in [0.1, 0.15) is 15.9 Å². The molecular formula is C15H15FIN2O-. The second-order valence-corrected chi connectivity index (χ2v) is 6.58. The van der Waals surface area contributed by atoms with Crippen LogP contribution < -0.4 is 32.3 Å². The molecule has 106 valence electrons. The third-order valence-electron chi connectivity index (χ3n) is 2.73. The quantitative estimate of drug-likeness (QED) is 0.438. The van der Waals surface area contributed by atoms with Crippen molar-refractivity contribution >= 4 is 17.3 Å². The minimum atomic E-state index is -0.478. The summed E-state index contributed by atoms with van der Waals surface area (Å²) in [5, 5.41) is 2.75. The van der Waals surface area contributed by atoms with Gasteiger partial charge in [-0.15, -0.1) is 0 Å². The zero-order chi connectivity index (χ0) is 14.5. The maximum atomic E-state index is 13.2. The second-order valence-electron chi connectivity index (χ2n) is 4.29. The average molecular weight is 385 g/mol. The van der Waals surface area contributed by atoms with Crippen LogP contribution >= 0.6 is 0 Å². The molecule has 0 fully saturated rings. The number of amides is 1. The van der Waals surface area contributed by atoms with Crippen molar-refractivity contribution < 1.29 is 30.4 Å². The molecule has 0 aliphatic heterocycles. The van der Waals surface area contributed by atoms with Gasteiger partial charge in [-0.25, -0.2) is 0 Å². The Morgan fingerprint density at radius 2 is 2.10 bits per heavy atom. The fourth-order valence-electron chi connectivity index (χ4n) is 1.81. The van der Waals surface area contributed by atoms with Crippen LogP contribution in [0.25, 0.3) is 0 Å². The second kappa shape index (κ2) is 6.69. The van der Waals surface area contributed by atoms with Gasteiger partial charge in [0.1, 0.15) is 0 Å². The van der Waals surface area contributed by atoms with Crippen molar-refractivity contribution in [2.24, 2.45) is 0 Å². The van der Waals surface area contributed by atoms with Crippen LogP contribution in [-0.4, -0.2) is 10.8 Å². The third kappa shape index (κ3) is 3.69. The Morgan fingerprint density at radius 1 is 1.30 bits per heavy atom. The van der Waals surface area contributed by atoms with Crippen molar-refractivity contribution in [2.45, 2.75) is 4.43 Å². The first kappa shape index (κ1) is 14.8. The number of rotatable bonds is 4. The van der Waals surface area contributed by atoms with Gasteiger partial charge in [0, 0.05) is 0 Å². The van der Waals surface area contributed by atoms with Gasteiger partial charge in [0.25, 0.3) is 0 Å². The predicted molar refractivity (Wildman–Crippen MR) is 74.8 cm³/mol. The van der Waals surface area contributed by atoms with Gasteiger partial charge in [0.05, 0.1) is 0 Å².